The third kappa shape index (κ3) is 4.95. The molecule has 2 aromatic carbocycles. The van der Waals surface area contributed by atoms with Gasteiger partial charge in [-0.2, -0.15) is 5.26 Å². The van der Waals surface area contributed by atoms with Gasteiger partial charge in [0.25, 0.3) is 0 Å². The summed E-state index contributed by atoms with van der Waals surface area (Å²) in [5, 5.41) is 10.9. The molecule has 3 aliphatic rings. The van der Waals surface area contributed by atoms with Crippen molar-refractivity contribution in [3.05, 3.63) is 64.2 Å². The lowest BCUT2D eigenvalue weighted by atomic mass is 9.73. The Morgan fingerprint density at radius 3 is 2.44 bits per heavy atom. The van der Waals surface area contributed by atoms with E-state index < -0.39 is 17.2 Å². The molecule has 230 valence electrons. The van der Waals surface area contributed by atoms with Gasteiger partial charge in [0.15, 0.2) is 16.7 Å². The third-order valence-electron chi connectivity index (χ3n) is 8.54. The summed E-state index contributed by atoms with van der Waals surface area (Å²) in [7, 11) is 1.79. The van der Waals surface area contributed by atoms with Crippen molar-refractivity contribution in [1.29, 1.82) is 5.26 Å². The smallest absolute Gasteiger partial charge is 0.410 e. The molecule has 2 aromatic heterocycles. The number of Topliss-reactive ketones (excluding diaryl/α,β-unsaturated/α-hetero) is 1. The Labute approximate surface area is 262 Å². The number of hydrogen-bond acceptors (Lipinski definition) is 9. The number of carbonyl (C=O) groups excluding carboxylic acids is 2. The molecule has 0 bridgehead atoms. The summed E-state index contributed by atoms with van der Waals surface area (Å²) < 4.78 is 34.9. The molecule has 1 spiro atoms. The number of pyridine rings is 1. The summed E-state index contributed by atoms with van der Waals surface area (Å²) in [6.45, 7) is 8.02. The number of halogens is 2. The first kappa shape index (κ1) is 29.1. The van der Waals surface area contributed by atoms with Gasteiger partial charge in [-0.1, -0.05) is 11.3 Å². The van der Waals surface area contributed by atoms with E-state index in [0.717, 1.165) is 5.56 Å². The molecule has 2 fully saturated rings. The van der Waals surface area contributed by atoms with Crippen molar-refractivity contribution in [3.8, 4) is 17.3 Å². The first-order valence-electron chi connectivity index (χ1n) is 14.7. The molecular weight excluding hydrogens is 598 g/mol. The van der Waals surface area contributed by atoms with Crippen molar-refractivity contribution in [2.45, 2.75) is 39.2 Å². The fourth-order valence-corrected chi connectivity index (χ4v) is 7.37. The zero-order chi connectivity index (χ0) is 31.8. The molecule has 2 saturated heterocycles. The quantitative estimate of drug-likeness (QED) is 0.254. The van der Waals surface area contributed by atoms with Crippen LogP contribution in [-0.2, 0) is 11.2 Å². The van der Waals surface area contributed by atoms with Crippen molar-refractivity contribution in [2.24, 2.45) is 5.41 Å². The third-order valence-corrected chi connectivity index (χ3v) is 9.58. The highest BCUT2D eigenvalue weighted by atomic mass is 32.1. The average molecular weight is 629 g/mol. The van der Waals surface area contributed by atoms with Crippen LogP contribution in [0.5, 0.6) is 0 Å². The molecule has 4 heterocycles. The van der Waals surface area contributed by atoms with Gasteiger partial charge in [-0.05, 0) is 63.6 Å². The number of ether oxygens (including phenoxy) is 1. The Bertz CT molecular complexity index is 1930. The molecule has 7 rings (SSSR count). The molecule has 0 saturated carbocycles. The molecule has 0 N–H and O–H groups in total. The van der Waals surface area contributed by atoms with E-state index >= 15 is 4.39 Å². The van der Waals surface area contributed by atoms with Crippen LogP contribution in [0.1, 0.15) is 48.1 Å². The number of amides is 1. The van der Waals surface area contributed by atoms with E-state index in [0.29, 0.717) is 70.6 Å². The van der Waals surface area contributed by atoms with E-state index in [9.17, 15) is 19.2 Å². The molecule has 0 radical (unpaired) electrons. The van der Waals surface area contributed by atoms with Crippen molar-refractivity contribution < 1.29 is 23.1 Å². The maximum atomic E-state index is 15.8. The largest absolute Gasteiger partial charge is 0.444 e. The number of ketones is 1. The number of fused-ring (bicyclic) bond motifs is 2. The second-order valence-corrected chi connectivity index (χ2v) is 14.1. The number of benzene rings is 2. The fraction of sp³-hybridized carbons (Fsp3) is 0.364. The van der Waals surface area contributed by atoms with E-state index in [1.807, 2.05) is 26.8 Å². The molecular formula is C33H30F2N6O3S. The van der Waals surface area contributed by atoms with Crippen LogP contribution in [0.2, 0.25) is 0 Å². The van der Waals surface area contributed by atoms with Gasteiger partial charge >= 0.3 is 6.09 Å². The normalized spacial score (nSPS) is 16.8. The minimum atomic E-state index is -0.560. The number of rotatable bonds is 4. The highest BCUT2D eigenvalue weighted by Crippen LogP contribution is 2.46. The Morgan fingerprint density at radius 2 is 1.78 bits per heavy atom. The Hall–Kier alpha value is -4.63. The number of nitrogens with zero attached hydrogens (tertiary/aromatic N) is 6. The van der Waals surface area contributed by atoms with Gasteiger partial charge in [0.05, 0.1) is 5.69 Å². The number of thiazole rings is 1. The predicted octanol–water partition coefficient (Wildman–Crippen LogP) is 6.46. The number of hydrogen-bond donors (Lipinski definition) is 0. The van der Waals surface area contributed by atoms with Gasteiger partial charge in [0.2, 0.25) is 0 Å². The van der Waals surface area contributed by atoms with Gasteiger partial charge in [0.1, 0.15) is 39.3 Å². The first-order chi connectivity index (χ1) is 21.3. The number of carbonyl (C=O) groups is 2. The molecule has 0 atom stereocenters. The minimum Gasteiger partial charge on any atom is -0.444 e. The van der Waals surface area contributed by atoms with Crippen molar-refractivity contribution in [3.63, 3.8) is 0 Å². The second kappa shape index (κ2) is 10.2. The Balaban J connectivity index is 1.23. The molecule has 9 nitrogen and oxygen atoms in total. The Kier molecular flexibility index (Phi) is 6.60. The van der Waals surface area contributed by atoms with Gasteiger partial charge in [0, 0.05) is 67.3 Å². The van der Waals surface area contributed by atoms with Crippen molar-refractivity contribution in [1.82, 2.24) is 14.9 Å². The highest BCUT2D eigenvalue weighted by molar-refractivity contribution is 7.16. The maximum absolute atomic E-state index is 15.8. The van der Waals surface area contributed by atoms with E-state index in [2.05, 4.69) is 16.0 Å². The molecule has 4 aromatic rings. The Morgan fingerprint density at radius 1 is 1.07 bits per heavy atom. The van der Waals surface area contributed by atoms with Crippen LogP contribution < -0.4 is 9.80 Å². The lowest BCUT2D eigenvalue weighted by Gasteiger charge is -2.60. The van der Waals surface area contributed by atoms with Gasteiger partial charge in [-0.3, -0.25) is 4.79 Å². The predicted molar refractivity (Wildman–Crippen MR) is 167 cm³/mol. The second-order valence-electron chi connectivity index (χ2n) is 13.1. The van der Waals surface area contributed by atoms with Gasteiger partial charge in [-0.15, -0.1) is 0 Å². The topological polar surface area (TPSA) is 103 Å². The summed E-state index contributed by atoms with van der Waals surface area (Å²) in [5.41, 5.74) is 2.79. The highest BCUT2D eigenvalue weighted by Gasteiger charge is 2.54. The molecule has 12 heteroatoms. The molecule has 1 amide bonds. The van der Waals surface area contributed by atoms with Crippen LogP contribution in [0.15, 0.2) is 36.4 Å². The SMILES string of the molecule is CN(c1nc(-c2ccc(F)cc2)c(C#N)s1)c1c2c(nc3c(F)cc(N4CC5(CN(C(=O)OC(C)(C)C)C5)C4)cc13)C(=O)CC2. The summed E-state index contributed by atoms with van der Waals surface area (Å²) >= 11 is 1.17. The number of nitriles is 1. The number of likely N-dealkylation sites (tertiary alicyclic amines) is 1. The van der Waals surface area contributed by atoms with Crippen molar-refractivity contribution >= 4 is 50.6 Å². The summed E-state index contributed by atoms with van der Waals surface area (Å²) in [5.74, 6) is -1.07. The molecule has 45 heavy (non-hydrogen) atoms. The van der Waals surface area contributed by atoms with Gasteiger partial charge < -0.3 is 19.4 Å². The summed E-state index contributed by atoms with van der Waals surface area (Å²) in [4.78, 5) is 40.4. The standard InChI is InChI=1S/C33H30F2N6O3S/c1-32(2,3)44-31(43)41-16-33(17-41)14-40(15-33)20-11-22-27(23(35)12-20)37-28-21(9-10-24(28)42)29(22)39(4)30-38-26(25(13-36)45-30)18-5-7-19(34)8-6-18/h5-8,11-12H,9-10,14-17H2,1-4H3. The number of aromatic nitrogens is 2. The lowest BCUT2D eigenvalue weighted by Crippen LogP contribution is -2.73. The van der Waals surface area contributed by atoms with Crippen LogP contribution in [-0.4, -0.2) is 65.6 Å². The van der Waals surface area contributed by atoms with Crippen molar-refractivity contribution in [2.75, 3.05) is 43.0 Å². The molecule has 2 aliphatic heterocycles. The fourth-order valence-electron chi connectivity index (χ4n) is 6.52. The van der Waals surface area contributed by atoms with Crippen LogP contribution in [0.25, 0.3) is 22.2 Å². The first-order valence-corrected chi connectivity index (χ1v) is 15.5. The average Bonchev–Trinajstić information content (AvgIpc) is 3.53. The number of anilines is 3. The van der Waals surface area contributed by atoms with Gasteiger partial charge in [-0.25, -0.2) is 23.5 Å². The summed E-state index contributed by atoms with van der Waals surface area (Å²) in [6.07, 6.45) is 0.408. The van der Waals surface area contributed by atoms with E-state index in [1.165, 1.54) is 29.5 Å². The van der Waals surface area contributed by atoms with Crippen LogP contribution >= 0.6 is 11.3 Å². The molecule has 1 aliphatic carbocycles. The zero-order valence-corrected chi connectivity index (χ0v) is 26.1. The zero-order valence-electron chi connectivity index (χ0n) is 25.3. The van der Waals surface area contributed by atoms with E-state index in [4.69, 9.17) is 9.72 Å². The van der Waals surface area contributed by atoms with Crippen LogP contribution in [0.4, 0.5) is 30.1 Å². The van der Waals surface area contributed by atoms with E-state index in [-0.39, 0.29) is 34.9 Å². The molecule has 0 unspecified atom stereocenters. The minimum absolute atomic E-state index is 0.0596. The maximum Gasteiger partial charge on any atom is 0.410 e. The van der Waals surface area contributed by atoms with Crippen LogP contribution in [0.3, 0.4) is 0 Å². The van der Waals surface area contributed by atoms with Crippen LogP contribution in [0, 0.1) is 28.4 Å². The summed E-state index contributed by atoms with van der Waals surface area (Å²) in [6, 6.07) is 11.3. The van der Waals surface area contributed by atoms with E-state index in [1.54, 1.807) is 29.0 Å². The monoisotopic (exact) mass is 628 g/mol. The lowest BCUT2D eigenvalue weighted by molar-refractivity contribution is -0.0453.